The number of benzene rings is 2. The van der Waals surface area contributed by atoms with Crippen LogP contribution in [0.1, 0.15) is 43.7 Å². The number of amides is 1. The minimum absolute atomic E-state index is 0.143. The number of rotatable bonds is 9. The van der Waals surface area contributed by atoms with Crippen LogP contribution >= 0.6 is 0 Å². The largest absolute Gasteiger partial charge is 0.496 e. The molecule has 1 aliphatic heterocycles. The summed E-state index contributed by atoms with van der Waals surface area (Å²) in [6.07, 6.45) is 4.04. The molecule has 0 aromatic heterocycles. The molecule has 1 saturated heterocycles. The minimum Gasteiger partial charge on any atom is -0.496 e. The Hall–Kier alpha value is -2.33. The summed E-state index contributed by atoms with van der Waals surface area (Å²) in [4.78, 5) is 17.8. The topological polar surface area (TPSA) is 32.8 Å². The van der Waals surface area contributed by atoms with E-state index in [0.717, 1.165) is 64.2 Å². The quantitative estimate of drug-likeness (QED) is 0.616. The van der Waals surface area contributed by atoms with Crippen molar-refractivity contribution in [1.82, 2.24) is 9.80 Å². The van der Waals surface area contributed by atoms with Gasteiger partial charge < -0.3 is 9.64 Å². The first-order valence-corrected chi connectivity index (χ1v) is 10.9. The van der Waals surface area contributed by atoms with Gasteiger partial charge in [-0.05, 0) is 44.0 Å². The smallest absolute Gasteiger partial charge is 0.226 e. The van der Waals surface area contributed by atoms with Gasteiger partial charge in [-0.3, -0.25) is 9.69 Å². The molecule has 0 atom stereocenters. The van der Waals surface area contributed by atoms with Gasteiger partial charge in [0.25, 0.3) is 0 Å². The lowest BCUT2D eigenvalue weighted by molar-refractivity contribution is -0.137. The third-order valence-corrected chi connectivity index (χ3v) is 5.83. The van der Waals surface area contributed by atoms with Crippen LogP contribution in [0.2, 0.25) is 0 Å². The van der Waals surface area contributed by atoms with Crippen molar-refractivity contribution in [2.75, 3.05) is 26.7 Å². The highest BCUT2D eigenvalue weighted by molar-refractivity contribution is 5.79. The fourth-order valence-corrected chi connectivity index (χ4v) is 4.09. The Morgan fingerprint density at radius 1 is 1.07 bits per heavy atom. The number of carbonyl (C=O) groups is 1. The lowest BCUT2D eigenvalue weighted by Crippen LogP contribution is -2.42. The molecule has 1 aliphatic rings. The van der Waals surface area contributed by atoms with Gasteiger partial charge >= 0.3 is 0 Å². The van der Waals surface area contributed by atoms with Gasteiger partial charge in [0.05, 0.1) is 7.11 Å². The lowest BCUT2D eigenvalue weighted by atomic mass is 9.94. The molecule has 4 nitrogen and oxygen atoms in total. The van der Waals surface area contributed by atoms with Crippen molar-refractivity contribution in [2.45, 2.75) is 45.7 Å². The molecule has 2 aromatic rings. The molecule has 0 spiro atoms. The van der Waals surface area contributed by atoms with E-state index in [9.17, 15) is 4.79 Å². The predicted octanol–water partition coefficient (Wildman–Crippen LogP) is 4.74. The SMILES string of the molecule is CCCCN(Cc1ccccc1)C(=O)C1CCN(Cc2ccccc2OC)CC1. The fraction of sp³-hybridized carbons (Fsp3) is 0.480. The van der Waals surface area contributed by atoms with Gasteiger partial charge in [0.2, 0.25) is 5.91 Å². The molecule has 0 saturated carbocycles. The molecule has 0 unspecified atom stereocenters. The second-order valence-electron chi connectivity index (χ2n) is 7.96. The Morgan fingerprint density at radius 2 is 1.76 bits per heavy atom. The van der Waals surface area contributed by atoms with Crippen molar-refractivity contribution in [1.29, 1.82) is 0 Å². The summed E-state index contributed by atoms with van der Waals surface area (Å²) in [5, 5.41) is 0. The number of methoxy groups -OCH3 is 1. The monoisotopic (exact) mass is 394 g/mol. The van der Waals surface area contributed by atoms with Crippen molar-refractivity contribution in [3.63, 3.8) is 0 Å². The van der Waals surface area contributed by atoms with Gasteiger partial charge in [-0.1, -0.05) is 61.9 Å². The molecular formula is C25H34N2O2. The third-order valence-electron chi connectivity index (χ3n) is 5.83. The first-order chi connectivity index (χ1) is 14.2. The molecule has 0 radical (unpaired) electrons. The van der Waals surface area contributed by atoms with Gasteiger partial charge in [0, 0.05) is 31.1 Å². The van der Waals surface area contributed by atoms with E-state index in [1.54, 1.807) is 7.11 Å². The van der Waals surface area contributed by atoms with Gasteiger partial charge in [-0.2, -0.15) is 0 Å². The Balaban J connectivity index is 1.56. The van der Waals surface area contributed by atoms with E-state index >= 15 is 0 Å². The van der Waals surface area contributed by atoms with E-state index in [1.165, 1.54) is 11.1 Å². The number of unbranched alkanes of at least 4 members (excludes halogenated alkanes) is 1. The molecule has 156 valence electrons. The molecule has 4 heteroatoms. The maximum Gasteiger partial charge on any atom is 0.226 e. The van der Waals surface area contributed by atoms with Gasteiger partial charge in [-0.25, -0.2) is 0 Å². The molecule has 3 rings (SSSR count). The Kier molecular flexibility index (Phi) is 8.12. The molecular weight excluding hydrogens is 360 g/mol. The van der Waals surface area contributed by atoms with Crippen LogP contribution in [0.3, 0.4) is 0 Å². The summed E-state index contributed by atoms with van der Waals surface area (Å²) < 4.78 is 5.48. The predicted molar refractivity (Wildman–Crippen MR) is 118 cm³/mol. The molecule has 0 aliphatic carbocycles. The zero-order chi connectivity index (χ0) is 20.5. The van der Waals surface area contributed by atoms with Gasteiger partial charge in [0.1, 0.15) is 5.75 Å². The first-order valence-electron chi connectivity index (χ1n) is 10.9. The molecule has 0 N–H and O–H groups in total. The van der Waals surface area contributed by atoms with Crippen molar-refractivity contribution in [2.24, 2.45) is 5.92 Å². The number of piperidine rings is 1. The second-order valence-corrected chi connectivity index (χ2v) is 7.96. The number of likely N-dealkylation sites (tertiary alicyclic amines) is 1. The lowest BCUT2D eigenvalue weighted by Gasteiger charge is -2.34. The number of hydrogen-bond acceptors (Lipinski definition) is 3. The average molecular weight is 395 g/mol. The van der Waals surface area contributed by atoms with Crippen LogP contribution in [0.25, 0.3) is 0 Å². The van der Waals surface area contributed by atoms with Gasteiger partial charge in [-0.15, -0.1) is 0 Å². The summed E-state index contributed by atoms with van der Waals surface area (Å²) in [5.74, 6) is 1.42. The summed E-state index contributed by atoms with van der Waals surface area (Å²) in [5.41, 5.74) is 2.43. The zero-order valence-electron chi connectivity index (χ0n) is 17.8. The highest BCUT2D eigenvalue weighted by atomic mass is 16.5. The van der Waals surface area contributed by atoms with E-state index in [-0.39, 0.29) is 5.92 Å². The molecule has 1 heterocycles. The van der Waals surface area contributed by atoms with Crippen LogP contribution in [0.4, 0.5) is 0 Å². The Bertz CT molecular complexity index is 754. The minimum atomic E-state index is 0.143. The number of para-hydroxylation sites is 1. The van der Waals surface area contributed by atoms with Crippen LogP contribution in [-0.2, 0) is 17.9 Å². The normalized spacial score (nSPS) is 15.2. The third kappa shape index (κ3) is 6.07. The van der Waals surface area contributed by atoms with E-state index in [1.807, 2.05) is 30.3 Å². The second kappa shape index (κ2) is 11.0. The highest BCUT2D eigenvalue weighted by Gasteiger charge is 2.28. The van der Waals surface area contributed by atoms with Crippen LogP contribution in [0, 0.1) is 5.92 Å². The number of nitrogens with zero attached hydrogens (tertiary/aromatic N) is 2. The molecule has 29 heavy (non-hydrogen) atoms. The Labute approximate surface area is 175 Å². The van der Waals surface area contributed by atoms with E-state index < -0.39 is 0 Å². The summed E-state index contributed by atoms with van der Waals surface area (Å²) >= 11 is 0. The number of ether oxygens (including phenoxy) is 1. The molecule has 0 bridgehead atoms. The van der Waals surface area contributed by atoms with Crippen LogP contribution < -0.4 is 4.74 Å². The summed E-state index contributed by atoms with van der Waals surface area (Å²) in [6.45, 7) is 6.56. The highest BCUT2D eigenvalue weighted by Crippen LogP contribution is 2.25. The van der Waals surface area contributed by atoms with Crippen LogP contribution in [0.5, 0.6) is 5.75 Å². The number of hydrogen-bond donors (Lipinski definition) is 0. The van der Waals surface area contributed by atoms with Crippen molar-refractivity contribution >= 4 is 5.91 Å². The maximum atomic E-state index is 13.3. The van der Waals surface area contributed by atoms with E-state index in [4.69, 9.17) is 4.74 Å². The fourth-order valence-electron chi connectivity index (χ4n) is 4.09. The summed E-state index contributed by atoms with van der Waals surface area (Å²) in [7, 11) is 1.72. The van der Waals surface area contributed by atoms with E-state index in [0.29, 0.717) is 5.91 Å². The molecule has 1 fully saturated rings. The average Bonchev–Trinajstić information content (AvgIpc) is 2.78. The first kappa shape index (κ1) is 21.4. The molecule has 1 amide bonds. The zero-order valence-corrected chi connectivity index (χ0v) is 17.8. The number of carbonyl (C=O) groups excluding carboxylic acids is 1. The van der Waals surface area contributed by atoms with E-state index in [2.05, 4.69) is 41.0 Å². The van der Waals surface area contributed by atoms with Crippen molar-refractivity contribution in [3.8, 4) is 5.75 Å². The van der Waals surface area contributed by atoms with Crippen LogP contribution in [0.15, 0.2) is 54.6 Å². The van der Waals surface area contributed by atoms with Crippen LogP contribution in [-0.4, -0.2) is 42.5 Å². The maximum absolute atomic E-state index is 13.3. The van der Waals surface area contributed by atoms with Crippen molar-refractivity contribution < 1.29 is 9.53 Å². The summed E-state index contributed by atoms with van der Waals surface area (Å²) in [6, 6.07) is 18.6. The molecule has 2 aromatic carbocycles. The van der Waals surface area contributed by atoms with Gasteiger partial charge in [0.15, 0.2) is 0 Å². The Morgan fingerprint density at radius 3 is 2.45 bits per heavy atom. The standard InChI is InChI=1S/C25H34N2O2/c1-3-4-16-27(19-21-10-6-5-7-11-21)25(28)22-14-17-26(18-15-22)20-23-12-8-9-13-24(23)29-2/h5-13,22H,3-4,14-20H2,1-2H3. The van der Waals surface area contributed by atoms with Crippen molar-refractivity contribution in [3.05, 3.63) is 65.7 Å².